The molecule has 1 atom stereocenters. The van der Waals surface area contributed by atoms with Crippen LogP contribution >= 0.6 is 11.8 Å². The lowest BCUT2D eigenvalue weighted by atomic mass is 10.1. The van der Waals surface area contributed by atoms with E-state index in [1.165, 1.54) is 0 Å². The molecule has 0 aliphatic rings. The summed E-state index contributed by atoms with van der Waals surface area (Å²) >= 11 is 1.73. The number of ether oxygens (including phenoxy) is 1. The maximum absolute atomic E-state index is 11.5. The zero-order valence-corrected chi connectivity index (χ0v) is 10.7. The fraction of sp³-hybridized carbons (Fsp3) is 0.727. The number of rotatable bonds is 10. The minimum Gasteiger partial charge on any atom is -0.385 e. The number of thioether (sulfide) groups is 1. The Hall–Kier alpha value is -0.520. The standard InChI is InChI=1S/C11H22N2O2S/c1-3-8-16-9-6-13-11(14)10(12)5-4-7-15-2/h3,10H,1,4-9,12H2,2H3,(H,13,14). The lowest BCUT2D eigenvalue weighted by Crippen LogP contribution is -2.41. The first-order chi connectivity index (χ1) is 7.72. The number of amides is 1. The molecule has 0 fully saturated rings. The molecular weight excluding hydrogens is 224 g/mol. The van der Waals surface area contributed by atoms with Crippen LogP contribution < -0.4 is 11.1 Å². The van der Waals surface area contributed by atoms with Crippen molar-refractivity contribution in [2.75, 3.05) is 31.8 Å². The number of carbonyl (C=O) groups excluding carboxylic acids is 1. The van der Waals surface area contributed by atoms with Crippen molar-refractivity contribution >= 4 is 17.7 Å². The summed E-state index contributed by atoms with van der Waals surface area (Å²) in [5, 5.41) is 2.81. The summed E-state index contributed by atoms with van der Waals surface area (Å²) in [5.41, 5.74) is 5.71. The second kappa shape index (κ2) is 11.0. The number of methoxy groups -OCH3 is 1. The smallest absolute Gasteiger partial charge is 0.236 e. The predicted molar refractivity (Wildman–Crippen MR) is 69.6 cm³/mol. The van der Waals surface area contributed by atoms with E-state index in [1.807, 2.05) is 6.08 Å². The third-order valence-corrected chi connectivity index (χ3v) is 2.95. The molecule has 0 radical (unpaired) electrons. The molecule has 0 aromatic heterocycles. The van der Waals surface area contributed by atoms with E-state index in [0.29, 0.717) is 19.6 Å². The molecule has 5 heteroatoms. The average molecular weight is 246 g/mol. The van der Waals surface area contributed by atoms with Crippen LogP contribution in [0.3, 0.4) is 0 Å². The van der Waals surface area contributed by atoms with Crippen LogP contribution in [0.1, 0.15) is 12.8 Å². The van der Waals surface area contributed by atoms with Crippen LogP contribution in [0.2, 0.25) is 0 Å². The Kier molecular flexibility index (Phi) is 10.6. The maximum Gasteiger partial charge on any atom is 0.236 e. The van der Waals surface area contributed by atoms with Crippen molar-refractivity contribution in [3.8, 4) is 0 Å². The van der Waals surface area contributed by atoms with Gasteiger partial charge in [0, 0.05) is 31.8 Å². The van der Waals surface area contributed by atoms with Crippen molar-refractivity contribution in [1.29, 1.82) is 0 Å². The predicted octanol–water partition coefficient (Wildman–Crippen LogP) is 0.776. The van der Waals surface area contributed by atoms with E-state index in [9.17, 15) is 4.79 Å². The largest absolute Gasteiger partial charge is 0.385 e. The summed E-state index contributed by atoms with van der Waals surface area (Å²) < 4.78 is 4.90. The fourth-order valence-electron chi connectivity index (χ4n) is 1.12. The van der Waals surface area contributed by atoms with Crippen LogP contribution in [0.15, 0.2) is 12.7 Å². The molecule has 0 spiro atoms. The Labute approximate surface area is 102 Å². The molecule has 0 rings (SSSR count). The van der Waals surface area contributed by atoms with Crippen LogP contribution in [0.25, 0.3) is 0 Å². The van der Waals surface area contributed by atoms with Gasteiger partial charge in [-0.1, -0.05) is 6.08 Å². The topological polar surface area (TPSA) is 64.4 Å². The van der Waals surface area contributed by atoms with Crippen LogP contribution in [0, 0.1) is 0 Å². The molecule has 0 aromatic carbocycles. The summed E-state index contributed by atoms with van der Waals surface area (Å²) in [5.74, 6) is 1.73. The van der Waals surface area contributed by atoms with Gasteiger partial charge >= 0.3 is 0 Å². The van der Waals surface area contributed by atoms with Gasteiger partial charge in [-0.05, 0) is 12.8 Å². The van der Waals surface area contributed by atoms with Gasteiger partial charge in [-0.3, -0.25) is 4.79 Å². The molecule has 0 heterocycles. The number of nitrogens with one attached hydrogen (secondary N) is 1. The molecular formula is C11H22N2O2S. The Balaban J connectivity index is 3.43. The third-order valence-electron chi connectivity index (χ3n) is 1.98. The fourth-order valence-corrected chi connectivity index (χ4v) is 1.70. The van der Waals surface area contributed by atoms with Gasteiger partial charge in [-0.15, -0.1) is 6.58 Å². The molecule has 0 aromatic rings. The molecule has 0 aliphatic heterocycles. The molecule has 16 heavy (non-hydrogen) atoms. The molecule has 94 valence electrons. The normalized spacial score (nSPS) is 12.1. The summed E-state index contributed by atoms with van der Waals surface area (Å²) in [4.78, 5) is 11.5. The van der Waals surface area contributed by atoms with Gasteiger partial charge in [-0.2, -0.15) is 11.8 Å². The lowest BCUT2D eigenvalue weighted by molar-refractivity contribution is -0.122. The van der Waals surface area contributed by atoms with Gasteiger partial charge in [-0.25, -0.2) is 0 Å². The van der Waals surface area contributed by atoms with Crippen molar-refractivity contribution in [1.82, 2.24) is 5.32 Å². The monoisotopic (exact) mass is 246 g/mol. The first kappa shape index (κ1) is 15.5. The molecule has 1 unspecified atom stereocenters. The van der Waals surface area contributed by atoms with Crippen LogP contribution in [0.4, 0.5) is 0 Å². The van der Waals surface area contributed by atoms with E-state index in [-0.39, 0.29) is 5.91 Å². The van der Waals surface area contributed by atoms with E-state index in [4.69, 9.17) is 10.5 Å². The molecule has 3 N–H and O–H groups in total. The first-order valence-electron chi connectivity index (χ1n) is 5.43. The molecule has 4 nitrogen and oxygen atoms in total. The highest BCUT2D eigenvalue weighted by Gasteiger charge is 2.11. The van der Waals surface area contributed by atoms with Crippen molar-refractivity contribution < 1.29 is 9.53 Å². The molecule has 0 bridgehead atoms. The van der Waals surface area contributed by atoms with E-state index in [2.05, 4.69) is 11.9 Å². The highest BCUT2D eigenvalue weighted by molar-refractivity contribution is 7.99. The van der Waals surface area contributed by atoms with Crippen molar-refractivity contribution in [2.24, 2.45) is 5.73 Å². The Morgan fingerprint density at radius 1 is 1.69 bits per heavy atom. The number of hydrogen-bond donors (Lipinski definition) is 2. The minimum atomic E-state index is -0.417. The zero-order chi connectivity index (χ0) is 12.2. The van der Waals surface area contributed by atoms with E-state index in [0.717, 1.165) is 17.9 Å². The van der Waals surface area contributed by atoms with Gasteiger partial charge < -0.3 is 15.8 Å². The highest BCUT2D eigenvalue weighted by atomic mass is 32.2. The average Bonchev–Trinajstić information content (AvgIpc) is 2.28. The summed E-state index contributed by atoms with van der Waals surface area (Å²) in [6.07, 6.45) is 3.33. The second-order valence-electron chi connectivity index (χ2n) is 3.40. The van der Waals surface area contributed by atoms with Gasteiger partial charge in [0.15, 0.2) is 0 Å². The Bertz CT molecular complexity index is 200. The summed E-state index contributed by atoms with van der Waals surface area (Å²) in [6.45, 7) is 4.93. The Morgan fingerprint density at radius 3 is 3.06 bits per heavy atom. The number of nitrogens with two attached hydrogens (primary N) is 1. The number of carbonyl (C=O) groups is 1. The van der Waals surface area contributed by atoms with Crippen LogP contribution in [-0.4, -0.2) is 43.7 Å². The quantitative estimate of drug-likeness (QED) is 0.441. The third kappa shape index (κ3) is 8.76. The van der Waals surface area contributed by atoms with E-state index < -0.39 is 6.04 Å². The molecule has 0 saturated heterocycles. The SMILES string of the molecule is C=CCSCCNC(=O)C(N)CCCOC. The van der Waals surface area contributed by atoms with Crippen molar-refractivity contribution in [3.63, 3.8) is 0 Å². The van der Waals surface area contributed by atoms with Crippen molar-refractivity contribution in [2.45, 2.75) is 18.9 Å². The second-order valence-corrected chi connectivity index (χ2v) is 4.55. The Morgan fingerprint density at radius 2 is 2.44 bits per heavy atom. The van der Waals surface area contributed by atoms with Gasteiger partial charge in [0.25, 0.3) is 0 Å². The molecule has 1 amide bonds. The maximum atomic E-state index is 11.5. The van der Waals surface area contributed by atoms with E-state index in [1.54, 1.807) is 18.9 Å². The first-order valence-corrected chi connectivity index (χ1v) is 6.58. The molecule has 0 saturated carbocycles. The van der Waals surface area contributed by atoms with Gasteiger partial charge in [0.05, 0.1) is 6.04 Å². The van der Waals surface area contributed by atoms with Gasteiger partial charge in [0.2, 0.25) is 5.91 Å². The van der Waals surface area contributed by atoms with Crippen molar-refractivity contribution in [3.05, 3.63) is 12.7 Å². The summed E-state index contributed by atoms with van der Waals surface area (Å²) in [7, 11) is 1.64. The lowest BCUT2D eigenvalue weighted by Gasteiger charge is -2.11. The highest BCUT2D eigenvalue weighted by Crippen LogP contribution is 1.98. The van der Waals surface area contributed by atoms with Crippen LogP contribution in [-0.2, 0) is 9.53 Å². The van der Waals surface area contributed by atoms with Crippen LogP contribution in [0.5, 0.6) is 0 Å². The summed E-state index contributed by atoms with van der Waals surface area (Å²) in [6, 6.07) is -0.417. The number of hydrogen-bond acceptors (Lipinski definition) is 4. The van der Waals surface area contributed by atoms with E-state index >= 15 is 0 Å². The zero-order valence-electron chi connectivity index (χ0n) is 9.91. The van der Waals surface area contributed by atoms with Gasteiger partial charge in [0.1, 0.15) is 0 Å². The molecule has 0 aliphatic carbocycles. The minimum absolute atomic E-state index is 0.0738.